The van der Waals surface area contributed by atoms with Crippen molar-refractivity contribution in [2.45, 2.75) is 52.4 Å². The van der Waals surface area contributed by atoms with Gasteiger partial charge in [0.1, 0.15) is 11.5 Å². The number of cyclic esters (lactones) is 1. The van der Waals surface area contributed by atoms with Crippen LogP contribution in [-0.4, -0.2) is 5.97 Å². The number of allylic oxidation sites excluding steroid dienone is 4. The predicted octanol–water partition coefficient (Wildman–Crippen LogP) is 6.15. The van der Waals surface area contributed by atoms with Crippen molar-refractivity contribution < 1.29 is 18.4 Å². The van der Waals surface area contributed by atoms with Gasteiger partial charge in [-0.05, 0) is 80.4 Å². The van der Waals surface area contributed by atoms with Gasteiger partial charge in [-0.2, -0.15) is 0 Å². The number of furan rings is 2. The first kappa shape index (κ1) is 20.0. The first-order valence-electron chi connectivity index (χ1n) is 9.93. The molecule has 3 rings (SSSR count). The molecule has 0 fully saturated rings. The van der Waals surface area contributed by atoms with E-state index in [9.17, 15) is 4.79 Å². The summed E-state index contributed by atoms with van der Waals surface area (Å²) in [7, 11) is 0. The van der Waals surface area contributed by atoms with E-state index in [2.05, 4.69) is 26.0 Å². The highest BCUT2D eigenvalue weighted by atomic mass is 16.5. The van der Waals surface area contributed by atoms with Crippen LogP contribution in [0.2, 0.25) is 0 Å². The molecule has 1 unspecified atom stereocenters. The van der Waals surface area contributed by atoms with Crippen molar-refractivity contribution in [3.63, 3.8) is 0 Å². The molecule has 0 spiro atoms. The van der Waals surface area contributed by atoms with Crippen LogP contribution < -0.4 is 0 Å². The fourth-order valence-electron chi connectivity index (χ4n) is 3.32. The number of esters is 1. The second-order valence-corrected chi connectivity index (χ2v) is 7.51. The lowest BCUT2D eigenvalue weighted by atomic mass is 10.00. The van der Waals surface area contributed by atoms with Gasteiger partial charge < -0.3 is 13.6 Å². The van der Waals surface area contributed by atoms with Crippen LogP contribution >= 0.6 is 0 Å². The van der Waals surface area contributed by atoms with E-state index in [1.54, 1.807) is 18.6 Å². The third kappa shape index (κ3) is 6.45. The average Bonchev–Trinajstić information content (AvgIpc) is 3.39. The van der Waals surface area contributed by atoms with Crippen molar-refractivity contribution in [2.24, 2.45) is 5.92 Å². The van der Waals surface area contributed by atoms with Gasteiger partial charge in [0.15, 0.2) is 0 Å². The predicted molar refractivity (Wildman–Crippen MR) is 109 cm³/mol. The maximum Gasteiger partial charge on any atom is 0.336 e. The van der Waals surface area contributed by atoms with Crippen LogP contribution in [0.15, 0.2) is 75.4 Å². The Morgan fingerprint density at radius 1 is 1.21 bits per heavy atom. The number of ether oxygens (including phenoxy) is 1. The Kier molecular flexibility index (Phi) is 7.12. The molecule has 0 saturated heterocycles. The van der Waals surface area contributed by atoms with E-state index in [1.165, 1.54) is 17.2 Å². The van der Waals surface area contributed by atoms with Crippen LogP contribution in [0.1, 0.15) is 56.4 Å². The Morgan fingerprint density at radius 2 is 2.11 bits per heavy atom. The van der Waals surface area contributed by atoms with Gasteiger partial charge in [0.05, 0.1) is 18.8 Å². The molecule has 1 aliphatic rings. The zero-order valence-corrected chi connectivity index (χ0v) is 16.6. The van der Waals surface area contributed by atoms with Gasteiger partial charge in [-0.15, -0.1) is 0 Å². The standard InChI is InChI=1S/C24H28O4/c1-18(5-3-7-19(2)13-22-9-10-24(25)28-22)6-4-8-20-14-23(27-17-20)15-21-11-12-26-16-21/h6,9-14,16-17,19H,3-5,7-8,15H2,1-2H3/b18-6+,22-13+. The van der Waals surface area contributed by atoms with Crippen molar-refractivity contribution >= 4 is 5.97 Å². The SMILES string of the molecule is C/C(=C\CCc1coc(Cc2ccoc2)c1)CCCC(C)/C=C1\C=CC(=O)O1. The minimum Gasteiger partial charge on any atom is -0.472 e. The van der Waals surface area contributed by atoms with Crippen molar-refractivity contribution in [1.82, 2.24) is 0 Å². The second-order valence-electron chi connectivity index (χ2n) is 7.51. The zero-order valence-electron chi connectivity index (χ0n) is 16.6. The fourth-order valence-corrected chi connectivity index (χ4v) is 3.32. The van der Waals surface area contributed by atoms with Crippen LogP contribution in [0.3, 0.4) is 0 Å². The first-order chi connectivity index (χ1) is 13.6. The summed E-state index contributed by atoms with van der Waals surface area (Å²) < 4.78 is 15.8. The summed E-state index contributed by atoms with van der Waals surface area (Å²) in [6.45, 7) is 4.36. The van der Waals surface area contributed by atoms with Gasteiger partial charge in [0.25, 0.3) is 0 Å². The van der Waals surface area contributed by atoms with E-state index < -0.39 is 0 Å². The number of carbonyl (C=O) groups is 1. The number of carbonyl (C=O) groups excluding carboxylic acids is 1. The topological polar surface area (TPSA) is 52.6 Å². The Labute approximate surface area is 166 Å². The third-order valence-corrected chi connectivity index (χ3v) is 4.87. The molecule has 0 N–H and O–H groups in total. The summed E-state index contributed by atoms with van der Waals surface area (Å²) in [6, 6.07) is 4.10. The monoisotopic (exact) mass is 380 g/mol. The van der Waals surface area contributed by atoms with Crippen LogP contribution in [0.4, 0.5) is 0 Å². The summed E-state index contributed by atoms with van der Waals surface area (Å²) in [5.41, 5.74) is 3.79. The minimum absolute atomic E-state index is 0.275. The Balaban J connectivity index is 1.34. The third-order valence-electron chi connectivity index (χ3n) is 4.87. The number of rotatable bonds is 10. The molecule has 0 amide bonds. The molecule has 28 heavy (non-hydrogen) atoms. The minimum atomic E-state index is -0.275. The Morgan fingerprint density at radius 3 is 2.86 bits per heavy atom. The van der Waals surface area contributed by atoms with E-state index in [0.717, 1.165) is 49.8 Å². The summed E-state index contributed by atoms with van der Waals surface area (Å²) in [6.07, 6.45) is 19.0. The van der Waals surface area contributed by atoms with Gasteiger partial charge in [-0.3, -0.25) is 0 Å². The molecule has 3 heterocycles. The molecule has 2 aromatic heterocycles. The molecule has 0 radical (unpaired) electrons. The lowest BCUT2D eigenvalue weighted by molar-refractivity contribution is -0.132. The smallest absolute Gasteiger partial charge is 0.336 e. The van der Waals surface area contributed by atoms with Crippen molar-refractivity contribution in [2.75, 3.05) is 0 Å². The quantitative estimate of drug-likeness (QED) is 0.367. The van der Waals surface area contributed by atoms with Gasteiger partial charge in [-0.1, -0.05) is 18.6 Å². The molecular weight excluding hydrogens is 352 g/mol. The molecule has 0 bridgehead atoms. The normalized spacial score (nSPS) is 16.7. The summed E-state index contributed by atoms with van der Waals surface area (Å²) in [5.74, 6) is 1.78. The first-order valence-corrected chi connectivity index (χ1v) is 9.93. The molecule has 0 aromatic carbocycles. The highest BCUT2D eigenvalue weighted by Crippen LogP contribution is 2.19. The average molecular weight is 380 g/mol. The van der Waals surface area contributed by atoms with E-state index in [1.807, 2.05) is 18.4 Å². The van der Waals surface area contributed by atoms with Crippen LogP contribution in [0.5, 0.6) is 0 Å². The van der Waals surface area contributed by atoms with Crippen molar-refractivity contribution in [3.8, 4) is 0 Å². The maximum absolute atomic E-state index is 11.0. The van der Waals surface area contributed by atoms with Gasteiger partial charge >= 0.3 is 5.97 Å². The number of aryl methyl sites for hydroxylation is 1. The Hall–Kier alpha value is -2.75. The molecule has 0 aliphatic carbocycles. The fraction of sp³-hybridized carbons (Fsp3) is 0.375. The Bertz CT molecular complexity index is 849. The molecule has 4 nitrogen and oxygen atoms in total. The molecule has 148 valence electrons. The molecule has 1 aliphatic heterocycles. The van der Waals surface area contributed by atoms with Crippen LogP contribution in [0.25, 0.3) is 0 Å². The molecule has 0 saturated carbocycles. The van der Waals surface area contributed by atoms with E-state index in [-0.39, 0.29) is 5.97 Å². The molecule has 2 aromatic rings. The summed E-state index contributed by atoms with van der Waals surface area (Å²) in [5, 5.41) is 0. The van der Waals surface area contributed by atoms with Crippen molar-refractivity contribution in [3.05, 3.63) is 83.4 Å². The summed E-state index contributed by atoms with van der Waals surface area (Å²) >= 11 is 0. The van der Waals surface area contributed by atoms with Gasteiger partial charge in [0, 0.05) is 12.5 Å². The summed E-state index contributed by atoms with van der Waals surface area (Å²) in [4.78, 5) is 11.0. The zero-order chi connectivity index (χ0) is 19.8. The molecule has 4 heteroatoms. The van der Waals surface area contributed by atoms with E-state index in [4.69, 9.17) is 13.6 Å². The lowest BCUT2D eigenvalue weighted by Gasteiger charge is -2.07. The van der Waals surface area contributed by atoms with Crippen LogP contribution in [-0.2, 0) is 22.4 Å². The second kappa shape index (κ2) is 9.98. The van der Waals surface area contributed by atoms with E-state index in [0.29, 0.717) is 11.7 Å². The van der Waals surface area contributed by atoms with Gasteiger partial charge in [0.2, 0.25) is 0 Å². The van der Waals surface area contributed by atoms with E-state index >= 15 is 0 Å². The number of hydrogen-bond donors (Lipinski definition) is 0. The highest BCUT2D eigenvalue weighted by molar-refractivity contribution is 5.86. The maximum atomic E-state index is 11.0. The largest absolute Gasteiger partial charge is 0.472 e. The molecule has 1 atom stereocenters. The van der Waals surface area contributed by atoms with Crippen LogP contribution in [0, 0.1) is 5.92 Å². The molecular formula is C24H28O4. The number of hydrogen-bond acceptors (Lipinski definition) is 4. The van der Waals surface area contributed by atoms with Gasteiger partial charge in [-0.25, -0.2) is 4.79 Å². The van der Waals surface area contributed by atoms with Crippen molar-refractivity contribution in [1.29, 1.82) is 0 Å². The lowest BCUT2D eigenvalue weighted by Crippen LogP contribution is -1.95. The highest BCUT2D eigenvalue weighted by Gasteiger charge is 2.10.